The van der Waals surface area contributed by atoms with Gasteiger partial charge >= 0.3 is 0 Å². The second-order valence-corrected chi connectivity index (χ2v) is 5.70. The van der Waals surface area contributed by atoms with Crippen LogP contribution in [-0.2, 0) is 0 Å². The van der Waals surface area contributed by atoms with Crippen molar-refractivity contribution in [3.8, 4) is 5.88 Å². The van der Waals surface area contributed by atoms with Crippen LogP contribution in [0.1, 0.15) is 34.2 Å². The summed E-state index contributed by atoms with van der Waals surface area (Å²) in [7, 11) is 0. The van der Waals surface area contributed by atoms with Gasteiger partial charge < -0.3 is 14.5 Å². The van der Waals surface area contributed by atoms with Crippen LogP contribution in [-0.4, -0.2) is 69.6 Å². The molecule has 3 heterocycles. The Labute approximate surface area is 145 Å². The highest BCUT2D eigenvalue weighted by Gasteiger charge is 2.25. The van der Waals surface area contributed by atoms with Crippen molar-refractivity contribution in [1.29, 1.82) is 0 Å². The van der Waals surface area contributed by atoms with E-state index in [2.05, 4.69) is 15.2 Å². The fourth-order valence-corrected chi connectivity index (χ4v) is 2.84. The Hall–Kier alpha value is -2.90. The molecule has 2 aromatic rings. The number of aromatic nitrogens is 3. The molecule has 0 atom stereocenters. The van der Waals surface area contributed by atoms with Gasteiger partial charge in [0.05, 0.1) is 6.61 Å². The van der Waals surface area contributed by atoms with E-state index in [1.807, 2.05) is 6.92 Å². The minimum Gasteiger partial charge on any atom is -0.477 e. The molecule has 0 radical (unpaired) electrons. The molecule has 8 nitrogen and oxygen atoms in total. The van der Waals surface area contributed by atoms with Crippen molar-refractivity contribution in [2.75, 3.05) is 32.8 Å². The van der Waals surface area contributed by atoms with Crippen molar-refractivity contribution in [2.45, 2.75) is 13.3 Å². The molecule has 0 aliphatic carbocycles. The Morgan fingerprint density at radius 2 is 1.88 bits per heavy atom. The number of aromatic amines is 1. The van der Waals surface area contributed by atoms with E-state index in [9.17, 15) is 9.59 Å². The molecule has 25 heavy (non-hydrogen) atoms. The molecule has 1 saturated heterocycles. The van der Waals surface area contributed by atoms with E-state index in [-0.39, 0.29) is 11.8 Å². The first-order valence-electron chi connectivity index (χ1n) is 8.36. The van der Waals surface area contributed by atoms with Crippen molar-refractivity contribution in [3.63, 3.8) is 0 Å². The first-order chi connectivity index (χ1) is 12.2. The van der Waals surface area contributed by atoms with E-state index in [4.69, 9.17) is 4.74 Å². The maximum atomic E-state index is 12.8. The summed E-state index contributed by atoms with van der Waals surface area (Å²) in [6.45, 7) is 4.45. The number of rotatable bonds is 4. The fourth-order valence-electron chi connectivity index (χ4n) is 2.84. The molecule has 1 fully saturated rings. The van der Waals surface area contributed by atoms with Crippen LogP contribution in [0, 0.1) is 0 Å². The van der Waals surface area contributed by atoms with Gasteiger partial charge in [-0.3, -0.25) is 14.7 Å². The van der Waals surface area contributed by atoms with Crippen LogP contribution in [0.4, 0.5) is 0 Å². The maximum absolute atomic E-state index is 12.8. The van der Waals surface area contributed by atoms with Crippen LogP contribution >= 0.6 is 0 Å². The summed E-state index contributed by atoms with van der Waals surface area (Å²) in [5, 5.41) is 6.50. The summed E-state index contributed by atoms with van der Waals surface area (Å²) < 4.78 is 5.45. The number of hydrogen-bond acceptors (Lipinski definition) is 5. The summed E-state index contributed by atoms with van der Waals surface area (Å²) >= 11 is 0. The van der Waals surface area contributed by atoms with Gasteiger partial charge in [-0.1, -0.05) is 0 Å². The van der Waals surface area contributed by atoms with E-state index in [0.29, 0.717) is 49.9 Å². The molecule has 0 aromatic carbocycles. The molecule has 0 unspecified atom stereocenters. The number of carbonyl (C=O) groups excluding carboxylic acids is 2. The first kappa shape index (κ1) is 16.9. The lowest BCUT2D eigenvalue weighted by Gasteiger charge is -2.22. The molecule has 8 heteroatoms. The van der Waals surface area contributed by atoms with Gasteiger partial charge in [0.2, 0.25) is 5.88 Å². The van der Waals surface area contributed by atoms with Crippen LogP contribution in [0.5, 0.6) is 5.88 Å². The number of hydrogen-bond donors (Lipinski definition) is 1. The van der Waals surface area contributed by atoms with Crippen molar-refractivity contribution in [3.05, 3.63) is 41.9 Å². The van der Waals surface area contributed by atoms with Gasteiger partial charge in [-0.05, 0) is 31.5 Å². The van der Waals surface area contributed by atoms with E-state index in [1.54, 1.807) is 40.4 Å². The molecule has 2 aromatic heterocycles. The highest BCUT2D eigenvalue weighted by molar-refractivity contribution is 5.96. The summed E-state index contributed by atoms with van der Waals surface area (Å²) in [5.41, 5.74) is 0.920. The lowest BCUT2D eigenvalue weighted by molar-refractivity contribution is 0.0713. The van der Waals surface area contributed by atoms with Crippen molar-refractivity contribution in [2.24, 2.45) is 0 Å². The highest BCUT2D eigenvalue weighted by atomic mass is 16.5. The maximum Gasteiger partial charge on any atom is 0.271 e. The third-order valence-corrected chi connectivity index (χ3v) is 4.08. The molecule has 2 amide bonds. The topological polar surface area (TPSA) is 91.4 Å². The van der Waals surface area contributed by atoms with Gasteiger partial charge in [-0.15, -0.1) is 0 Å². The molecule has 1 aliphatic rings. The predicted octanol–water partition coefficient (Wildman–Crippen LogP) is 1.19. The zero-order valence-corrected chi connectivity index (χ0v) is 14.1. The molecule has 1 N–H and O–H groups in total. The summed E-state index contributed by atoms with van der Waals surface area (Å²) in [4.78, 5) is 32.9. The molecule has 132 valence electrons. The Morgan fingerprint density at radius 3 is 2.56 bits per heavy atom. The molecular weight excluding hydrogens is 322 g/mol. The van der Waals surface area contributed by atoms with Gasteiger partial charge in [0.15, 0.2) is 0 Å². The second kappa shape index (κ2) is 7.78. The number of nitrogens with zero attached hydrogens (tertiary/aromatic N) is 4. The van der Waals surface area contributed by atoms with Crippen molar-refractivity contribution < 1.29 is 14.3 Å². The largest absolute Gasteiger partial charge is 0.477 e. The van der Waals surface area contributed by atoms with E-state index >= 15 is 0 Å². The normalized spacial score (nSPS) is 14.9. The van der Waals surface area contributed by atoms with Crippen LogP contribution in [0.3, 0.4) is 0 Å². The quantitative estimate of drug-likeness (QED) is 0.900. The Kier molecular flexibility index (Phi) is 5.27. The van der Waals surface area contributed by atoms with Gasteiger partial charge in [0, 0.05) is 38.6 Å². The van der Waals surface area contributed by atoms with E-state index < -0.39 is 0 Å². The number of pyridine rings is 1. The van der Waals surface area contributed by atoms with Gasteiger partial charge in [-0.25, -0.2) is 4.98 Å². The van der Waals surface area contributed by atoms with Gasteiger partial charge in [0.25, 0.3) is 11.8 Å². The molecule has 0 saturated carbocycles. The van der Waals surface area contributed by atoms with Crippen LogP contribution in [0.15, 0.2) is 30.6 Å². The predicted molar refractivity (Wildman–Crippen MR) is 90.4 cm³/mol. The summed E-state index contributed by atoms with van der Waals surface area (Å²) in [5.74, 6) is 0.139. The molecule has 1 aliphatic heterocycles. The second-order valence-electron chi connectivity index (χ2n) is 5.70. The van der Waals surface area contributed by atoms with Crippen LogP contribution < -0.4 is 4.74 Å². The third kappa shape index (κ3) is 3.78. The van der Waals surface area contributed by atoms with Crippen molar-refractivity contribution >= 4 is 11.8 Å². The fraction of sp³-hybridized carbons (Fsp3) is 0.412. The zero-order chi connectivity index (χ0) is 17.6. The Balaban J connectivity index is 1.69. The lowest BCUT2D eigenvalue weighted by atomic mass is 10.2. The average molecular weight is 343 g/mol. The third-order valence-electron chi connectivity index (χ3n) is 4.08. The standard InChI is InChI=1S/C17H21N5O3/c1-2-25-15-13(5-3-7-18-15)16(23)21-9-4-10-22(12-11-21)17(24)14-6-8-19-20-14/h3,5-8H,2,4,9-12H2,1H3,(H,19,20). The number of ether oxygens (including phenoxy) is 1. The van der Waals surface area contributed by atoms with E-state index in [0.717, 1.165) is 6.42 Å². The van der Waals surface area contributed by atoms with Crippen molar-refractivity contribution in [1.82, 2.24) is 25.0 Å². The van der Waals surface area contributed by atoms with Gasteiger partial charge in [-0.2, -0.15) is 5.10 Å². The Morgan fingerprint density at radius 1 is 1.12 bits per heavy atom. The number of H-pyrrole nitrogens is 1. The smallest absolute Gasteiger partial charge is 0.271 e. The summed E-state index contributed by atoms with van der Waals surface area (Å²) in [6, 6.07) is 5.10. The zero-order valence-electron chi connectivity index (χ0n) is 14.1. The molecular formula is C17H21N5O3. The minimum absolute atomic E-state index is 0.0943. The van der Waals surface area contributed by atoms with Gasteiger partial charge in [0.1, 0.15) is 11.3 Å². The summed E-state index contributed by atoms with van der Waals surface area (Å²) in [6.07, 6.45) is 3.88. The SMILES string of the molecule is CCOc1ncccc1C(=O)N1CCCN(C(=O)c2ccn[nH]2)CC1. The minimum atomic E-state index is -0.118. The molecule has 3 rings (SSSR count). The number of amides is 2. The van der Waals surface area contributed by atoms with Crippen LogP contribution in [0.2, 0.25) is 0 Å². The van der Waals surface area contributed by atoms with Crippen LogP contribution in [0.25, 0.3) is 0 Å². The molecule has 0 bridgehead atoms. The molecule has 0 spiro atoms. The van der Waals surface area contributed by atoms with E-state index in [1.165, 1.54) is 0 Å². The first-order valence-corrected chi connectivity index (χ1v) is 8.36. The number of carbonyl (C=O) groups is 2. The Bertz CT molecular complexity index is 732. The lowest BCUT2D eigenvalue weighted by Crippen LogP contribution is -2.37. The monoisotopic (exact) mass is 343 g/mol. The average Bonchev–Trinajstić information content (AvgIpc) is 3.06. The number of nitrogens with one attached hydrogen (secondary N) is 1. The highest BCUT2D eigenvalue weighted by Crippen LogP contribution is 2.18.